The highest BCUT2D eigenvalue weighted by atomic mass is 32.1. The minimum absolute atomic E-state index is 0.0636. The molecular formula is C26H24N4OS. The van der Waals surface area contributed by atoms with Crippen molar-refractivity contribution in [3.05, 3.63) is 82.0 Å². The standard InChI is InChI=1S/C26H24N4OS/c1-16-11-12-21-19(13-16)20(14-22(31-21)17-7-3-2-4-8-17)29-30-25-24-18-9-5-6-10-23(18)32-26(24)28-15-27-25/h2-4,7-8,11-13,15,22H,5-6,9-10,14H2,1H3,(H,27,28,30). The Balaban J connectivity index is 1.40. The lowest BCUT2D eigenvalue weighted by Crippen LogP contribution is -2.22. The van der Waals surface area contributed by atoms with Crippen molar-refractivity contribution in [1.82, 2.24) is 9.97 Å². The smallest absolute Gasteiger partial charge is 0.158 e. The van der Waals surface area contributed by atoms with Gasteiger partial charge in [0, 0.05) is 16.9 Å². The average Bonchev–Trinajstić information content (AvgIpc) is 3.22. The Morgan fingerprint density at radius 1 is 1.06 bits per heavy atom. The molecule has 0 saturated carbocycles. The highest BCUT2D eigenvalue weighted by Crippen LogP contribution is 2.39. The van der Waals surface area contributed by atoms with Gasteiger partial charge in [-0.2, -0.15) is 5.10 Å². The fourth-order valence-electron chi connectivity index (χ4n) is 4.71. The Hall–Kier alpha value is -3.25. The van der Waals surface area contributed by atoms with Crippen LogP contribution >= 0.6 is 11.3 Å². The van der Waals surface area contributed by atoms with E-state index in [1.54, 1.807) is 17.7 Å². The van der Waals surface area contributed by atoms with E-state index in [4.69, 9.17) is 9.84 Å². The Labute approximate surface area is 191 Å². The summed E-state index contributed by atoms with van der Waals surface area (Å²) in [4.78, 5) is 11.6. The Morgan fingerprint density at radius 2 is 1.94 bits per heavy atom. The van der Waals surface area contributed by atoms with Gasteiger partial charge in [-0.15, -0.1) is 11.3 Å². The summed E-state index contributed by atoms with van der Waals surface area (Å²) in [6.45, 7) is 2.10. The zero-order chi connectivity index (χ0) is 21.5. The fraction of sp³-hybridized carbons (Fsp3) is 0.269. The molecule has 2 aromatic carbocycles. The summed E-state index contributed by atoms with van der Waals surface area (Å²) < 4.78 is 6.35. The summed E-state index contributed by atoms with van der Waals surface area (Å²) in [7, 11) is 0. The van der Waals surface area contributed by atoms with Crippen LogP contribution in [0.2, 0.25) is 0 Å². The third kappa shape index (κ3) is 3.45. The van der Waals surface area contributed by atoms with Crippen LogP contribution in [0.1, 0.15) is 52.5 Å². The van der Waals surface area contributed by atoms with Crippen LogP contribution in [0.25, 0.3) is 10.2 Å². The largest absolute Gasteiger partial charge is 0.485 e. The normalized spacial score (nSPS) is 18.8. The summed E-state index contributed by atoms with van der Waals surface area (Å²) >= 11 is 1.80. The summed E-state index contributed by atoms with van der Waals surface area (Å²) in [5, 5.41) is 6.04. The number of nitrogens with zero attached hydrogens (tertiary/aromatic N) is 3. The molecule has 1 unspecified atom stereocenters. The van der Waals surface area contributed by atoms with Gasteiger partial charge in [-0.3, -0.25) is 5.43 Å². The fourth-order valence-corrected chi connectivity index (χ4v) is 5.94. The van der Waals surface area contributed by atoms with Crippen LogP contribution in [-0.2, 0) is 12.8 Å². The minimum atomic E-state index is -0.0636. The van der Waals surface area contributed by atoms with Crippen molar-refractivity contribution in [3.8, 4) is 5.75 Å². The number of benzene rings is 2. The zero-order valence-electron chi connectivity index (χ0n) is 18.0. The third-order valence-electron chi connectivity index (χ3n) is 6.31. The van der Waals surface area contributed by atoms with Crippen LogP contribution in [0.3, 0.4) is 0 Å². The van der Waals surface area contributed by atoms with Gasteiger partial charge in [-0.1, -0.05) is 42.0 Å². The lowest BCUT2D eigenvalue weighted by molar-refractivity contribution is 0.206. The third-order valence-corrected chi connectivity index (χ3v) is 7.51. The second-order valence-corrected chi connectivity index (χ2v) is 9.59. The molecule has 1 N–H and O–H groups in total. The molecule has 32 heavy (non-hydrogen) atoms. The van der Waals surface area contributed by atoms with Gasteiger partial charge in [0.25, 0.3) is 0 Å². The molecule has 6 rings (SSSR count). The van der Waals surface area contributed by atoms with Gasteiger partial charge in [0.15, 0.2) is 5.82 Å². The average molecular weight is 441 g/mol. The first-order valence-electron chi connectivity index (χ1n) is 11.2. The zero-order valence-corrected chi connectivity index (χ0v) is 18.8. The van der Waals surface area contributed by atoms with E-state index < -0.39 is 0 Å². The Kier molecular flexibility index (Phi) is 4.87. The van der Waals surface area contributed by atoms with Crippen molar-refractivity contribution in [2.24, 2.45) is 5.10 Å². The van der Waals surface area contributed by atoms with E-state index in [1.165, 1.54) is 28.8 Å². The number of anilines is 1. The number of nitrogens with one attached hydrogen (secondary N) is 1. The molecular weight excluding hydrogens is 416 g/mol. The maximum Gasteiger partial charge on any atom is 0.158 e. The quantitative estimate of drug-likeness (QED) is 0.384. The van der Waals surface area contributed by atoms with Crippen molar-refractivity contribution in [3.63, 3.8) is 0 Å². The maximum absolute atomic E-state index is 6.35. The predicted octanol–water partition coefficient (Wildman–Crippen LogP) is 6.22. The molecule has 0 bridgehead atoms. The molecule has 160 valence electrons. The molecule has 0 amide bonds. The van der Waals surface area contributed by atoms with Crippen LogP contribution in [-0.4, -0.2) is 15.7 Å². The predicted molar refractivity (Wildman–Crippen MR) is 130 cm³/mol. The number of ether oxygens (including phenoxy) is 1. The van der Waals surface area contributed by atoms with E-state index in [0.29, 0.717) is 6.42 Å². The molecule has 1 atom stereocenters. The van der Waals surface area contributed by atoms with Crippen LogP contribution in [0, 0.1) is 6.92 Å². The van der Waals surface area contributed by atoms with Crippen molar-refractivity contribution in [1.29, 1.82) is 0 Å². The molecule has 6 heteroatoms. The lowest BCUT2D eigenvalue weighted by atomic mass is 9.94. The van der Waals surface area contributed by atoms with Gasteiger partial charge in [-0.05, 0) is 55.9 Å². The van der Waals surface area contributed by atoms with E-state index in [-0.39, 0.29) is 6.10 Å². The van der Waals surface area contributed by atoms with Crippen LogP contribution in [0.5, 0.6) is 5.75 Å². The van der Waals surface area contributed by atoms with Crippen molar-refractivity contribution >= 4 is 33.1 Å². The van der Waals surface area contributed by atoms with Gasteiger partial charge in [0.05, 0.1) is 11.1 Å². The monoisotopic (exact) mass is 440 g/mol. The highest BCUT2D eigenvalue weighted by Gasteiger charge is 2.27. The van der Waals surface area contributed by atoms with Crippen LogP contribution in [0.4, 0.5) is 5.82 Å². The van der Waals surface area contributed by atoms with E-state index in [0.717, 1.165) is 51.5 Å². The first-order chi connectivity index (χ1) is 15.8. The molecule has 3 heterocycles. The van der Waals surface area contributed by atoms with E-state index in [1.807, 2.05) is 12.1 Å². The first-order valence-corrected chi connectivity index (χ1v) is 12.0. The van der Waals surface area contributed by atoms with Crippen LogP contribution in [0.15, 0.2) is 60.0 Å². The second-order valence-electron chi connectivity index (χ2n) is 8.50. The SMILES string of the molecule is Cc1ccc2c(c1)C(=NNc1ncnc3sc4c(c13)CCCC4)CC(c1ccccc1)O2. The molecule has 4 aromatic rings. The number of fused-ring (bicyclic) bond motifs is 4. The number of aryl methyl sites for hydroxylation is 3. The molecule has 0 fully saturated rings. The van der Waals surface area contributed by atoms with Crippen molar-refractivity contribution in [2.45, 2.75) is 45.1 Å². The van der Waals surface area contributed by atoms with Gasteiger partial charge < -0.3 is 4.74 Å². The topological polar surface area (TPSA) is 59.4 Å². The molecule has 0 spiro atoms. The van der Waals surface area contributed by atoms with Crippen molar-refractivity contribution < 1.29 is 4.74 Å². The van der Waals surface area contributed by atoms with E-state index in [9.17, 15) is 0 Å². The number of thiophene rings is 1. The highest BCUT2D eigenvalue weighted by molar-refractivity contribution is 7.19. The van der Waals surface area contributed by atoms with Gasteiger partial charge in [0.1, 0.15) is 23.0 Å². The molecule has 0 radical (unpaired) electrons. The number of hydrogen-bond donors (Lipinski definition) is 1. The van der Waals surface area contributed by atoms with Gasteiger partial charge in [-0.25, -0.2) is 9.97 Å². The molecule has 2 aliphatic rings. The van der Waals surface area contributed by atoms with Crippen LogP contribution < -0.4 is 10.2 Å². The maximum atomic E-state index is 6.35. The first kappa shape index (κ1) is 19.4. The molecule has 5 nitrogen and oxygen atoms in total. The summed E-state index contributed by atoms with van der Waals surface area (Å²) in [6.07, 6.45) is 7.00. The number of hydrogen-bond acceptors (Lipinski definition) is 6. The number of aromatic nitrogens is 2. The molecule has 1 aliphatic heterocycles. The summed E-state index contributed by atoms with van der Waals surface area (Å²) in [6, 6.07) is 16.6. The summed E-state index contributed by atoms with van der Waals surface area (Å²) in [5.74, 6) is 1.68. The molecule has 2 aromatic heterocycles. The Morgan fingerprint density at radius 3 is 2.84 bits per heavy atom. The second kappa shape index (κ2) is 8.02. The Bertz CT molecular complexity index is 1330. The lowest BCUT2D eigenvalue weighted by Gasteiger charge is -2.28. The van der Waals surface area contributed by atoms with Gasteiger partial charge in [0.2, 0.25) is 0 Å². The number of hydrazone groups is 1. The van der Waals surface area contributed by atoms with Gasteiger partial charge >= 0.3 is 0 Å². The number of rotatable bonds is 3. The van der Waals surface area contributed by atoms with Crippen molar-refractivity contribution in [2.75, 3.05) is 5.43 Å². The molecule has 1 aliphatic carbocycles. The van der Waals surface area contributed by atoms with E-state index in [2.05, 4.69) is 58.7 Å². The minimum Gasteiger partial charge on any atom is -0.485 e. The summed E-state index contributed by atoms with van der Waals surface area (Å²) in [5.41, 5.74) is 9.10. The molecule has 0 saturated heterocycles. The van der Waals surface area contributed by atoms with E-state index >= 15 is 0 Å².